The molecule has 3 fully saturated rings. The molecule has 0 radical (unpaired) electrons. The van der Waals surface area contributed by atoms with Crippen molar-refractivity contribution in [1.82, 2.24) is 20.4 Å². The van der Waals surface area contributed by atoms with Gasteiger partial charge in [0, 0.05) is 19.0 Å². The monoisotopic (exact) mass is 358 g/mol. The van der Waals surface area contributed by atoms with Crippen LogP contribution in [-0.4, -0.2) is 59.8 Å². The van der Waals surface area contributed by atoms with Crippen LogP contribution in [0.1, 0.15) is 30.3 Å². The fourth-order valence-electron chi connectivity index (χ4n) is 3.50. The Morgan fingerprint density at radius 3 is 2.88 bits per heavy atom. The number of carbonyl (C=O) groups excluding carboxylic acids is 1. The highest BCUT2D eigenvalue weighted by molar-refractivity contribution is 7.80. The summed E-state index contributed by atoms with van der Waals surface area (Å²) in [5.41, 5.74) is 0.665. The summed E-state index contributed by atoms with van der Waals surface area (Å²) in [5, 5.41) is 8.02. The number of rotatable bonds is 5. The molecule has 11 heteroatoms. The molecule has 10 nitrogen and oxygen atoms in total. The molecule has 0 aliphatic carbocycles. The Hall–Kier alpha value is -1.69. The van der Waals surface area contributed by atoms with E-state index in [9.17, 15) is 13.2 Å². The number of urea groups is 1. The van der Waals surface area contributed by atoms with Crippen LogP contribution >= 0.6 is 0 Å². The van der Waals surface area contributed by atoms with Crippen molar-refractivity contribution in [2.45, 2.75) is 31.3 Å². The predicted octanol–water partition coefficient (Wildman–Crippen LogP) is 0.112. The third kappa shape index (κ3) is 2.88. The van der Waals surface area contributed by atoms with Crippen LogP contribution in [0.5, 0.6) is 0 Å². The number of hydrogen-bond acceptors (Lipinski definition) is 7. The molecule has 4 rings (SSSR count). The number of hydroxylamine groups is 2. The average Bonchev–Trinajstić information content (AvgIpc) is 3.02. The lowest BCUT2D eigenvalue weighted by atomic mass is 9.96. The van der Waals surface area contributed by atoms with Gasteiger partial charge in [-0.1, -0.05) is 5.16 Å². The molecule has 24 heavy (non-hydrogen) atoms. The molecule has 4 heterocycles. The molecule has 1 aromatic rings. The summed E-state index contributed by atoms with van der Waals surface area (Å²) >= 11 is 0. The van der Waals surface area contributed by atoms with Crippen LogP contribution in [0.3, 0.4) is 0 Å². The topological polar surface area (TPSA) is 125 Å². The number of fused-ring (bicyclic) bond motifs is 2. The van der Waals surface area contributed by atoms with Gasteiger partial charge in [-0.05, 0) is 31.8 Å². The number of piperidine rings is 1. The van der Waals surface area contributed by atoms with E-state index in [0.29, 0.717) is 31.0 Å². The summed E-state index contributed by atoms with van der Waals surface area (Å²) in [6.45, 7) is 2.26. The Morgan fingerprint density at radius 1 is 1.42 bits per heavy atom. The van der Waals surface area contributed by atoms with Crippen molar-refractivity contribution >= 4 is 16.4 Å². The summed E-state index contributed by atoms with van der Waals surface area (Å²) in [5.74, 6) is 1.34. The molecule has 2 N–H and O–H groups in total. The smallest absolute Gasteiger partial charge is 0.361 e. The van der Waals surface area contributed by atoms with E-state index in [2.05, 4.69) is 14.8 Å². The molecule has 3 saturated heterocycles. The zero-order valence-electron chi connectivity index (χ0n) is 12.8. The zero-order chi connectivity index (χ0) is 16.9. The normalized spacial score (nSPS) is 27.6. The largest absolute Gasteiger partial charge is 0.418 e. The van der Waals surface area contributed by atoms with Gasteiger partial charge in [0.15, 0.2) is 0 Å². The van der Waals surface area contributed by atoms with Crippen molar-refractivity contribution < 1.29 is 26.6 Å². The zero-order valence-corrected chi connectivity index (χ0v) is 13.6. The summed E-state index contributed by atoms with van der Waals surface area (Å²) < 4.78 is 40.4. The molecule has 2 bridgehead atoms. The van der Waals surface area contributed by atoms with Crippen molar-refractivity contribution in [1.29, 1.82) is 0 Å². The van der Waals surface area contributed by atoms with E-state index in [1.807, 2.05) is 6.07 Å². The summed E-state index contributed by atoms with van der Waals surface area (Å²) in [6, 6.07) is 0.597. The van der Waals surface area contributed by atoms with Gasteiger partial charge < -0.3 is 14.7 Å². The van der Waals surface area contributed by atoms with Crippen molar-refractivity contribution in [2.75, 3.05) is 19.6 Å². The number of amides is 2. The van der Waals surface area contributed by atoms with E-state index in [0.717, 1.165) is 30.3 Å². The Labute approximate surface area is 138 Å². The molecule has 0 spiro atoms. The molecule has 3 aliphatic heterocycles. The second-order valence-electron chi connectivity index (χ2n) is 6.46. The highest BCUT2D eigenvalue weighted by Gasteiger charge is 2.48. The minimum absolute atomic E-state index is 0.277. The first-order valence-corrected chi connectivity index (χ1v) is 9.20. The molecule has 0 unspecified atom stereocenters. The first-order chi connectivity index (χ1) is 11.4. The van der Waals surface area contributed by atoms with Gasteiger partial charge in [0.1, 0.15) is 11.5 Å². The molecular formula is C13H18N4O6S. The van der Waals surface area contributed by atoms with Crippen LogP contribution in [0.4, 0.5) is 4.79 Å². The summed E-state index contributed by atoms with van der Waals surface area (Å²) in [4.78, 5) is 13.9. The number of nitrogens with zero attached hydrogens (tertiary/aromatic N) is 3. The fraction of sp³-hybridized carbons (Fsp3) is 0.692. The quantitative estimate of drug-likeness (QED) is 0.711. The number of carbonyl (C=O) groups is 1. The predicted molar refractivity (Wildman–Crippen MR) is 78.9 cm³/mol. The van der Waals surface area contributed by atoms with Crippen molar-refractivity contribution in [2.24, 2.45) is 5.92 Å². The minimum atomic E-state index is -4.73. The van der Waals surface area contributed by atoms with E-state index in [4.69, 9.17) is 9.08 Å². The number of aromatic nitrogens is 1. The van der Waals surface area contributed by atoms with Crippen LogP contribution in [-0.2, 0) is 21.1 Å². The summed E-state index contributed by atoms with van der Waals surface area (Å²) in [6.07, 6.45) is 1.98. The lowest BCUT2D eigenvalue weighted by molar-refractivity contribution is -0.0317. The second kappa shape index (κ2) is 5.69. The lowest BCUT2D eigenvalue weighted by Gasteiger charge is -2.28. The maximum Gasteiger partial charge on any atom is 0.418 e. The maximum atomic E-state index is 12.4. The van der Waals surface area contributed by atoms with E-state index in [-0.39, 0.29) is 6.04 Å². The van der Waals surface area contributed by atoms with Gasteiger partial charge in [0.2, 0.25) is 0 Å². The van der Waals surface area contributed by atoms with Crippen LogP contribution in [0.25, 0.3) is 0 Å². The lowest BCUT2D eigenvalue weighted by Crippen LogP contribution is -2.42. The molecule has 1 aromatic heterocycles. The highest BCUT2D eigenvalue weighted by Crippen LogP contribution is 2.38. The van der Waals surface area contributed by atoms with E-state index in [1.54, 1.807) is 0 Å². The van der Waals surface area contributed by atoms with Gasteiger partial charge in [-0.2, -0.15) is 13.5 Å². The second-order valence-corrected chi connectivity index (χ2v) is 7.46. The van der Waals surface area contributed by atoms with Crippen molar-refractivity contribution in [3.8, 4) is 0 Å². The van der Waals surface area contributed by atoms with Crippen LogP contribution in [0, 0.1) is 5.92 Å². The van der Waals surface area contributed by atoms with Crippen molar-refractivity contribution in [3.05, 3.63) is 17.5 Å². The standard InChI is InChI=1S/C13H18N4O6S/c18-13-16-7-9(17(13)23-24(19,20)21)1-2-12(16)11-4-10(22-15-11)3-8-5-14-6-8/h4,8-9,12,14H,1-3,5-7H2,(H,19,20,21)/t9-,12+/m1/s1. The molecule has 0 saturated carbocycles. The molecular weight excluding hydrogens is 340 g/mol. The fourth-order valence-corrected chi connectivity index (χ4v) is 3.89. The first kappa shape index (κ1) is 15.8. The Bertz CT molecular complexity index is 745. The minimum Gasteiger partial charge on any atom is -0.361 e. The van der Waals surface area contributed by atoms with E-state index < -0.39 is 22.5 Å². The average molecular weight is 358 g/mol. The Balaban J connectivity index is 1.48. The van der Waals surface area contributed by atoms with Gasteiger partial charge in [0.25, 0.3) is 0 Å². The first-order valence-electron chi connectivity index (χ1n) is 7.84. The number of nitrogens with one attached hydrogen (secondary N) is 1. The van der Waals surface area contributed by atoms with Gasteiger partial charge in [-0.3, -0.25) is 4.55 Å². The molecule has 2 atom stereocenters. The molecule has 2 amide bonds. The van der Waals surface area contributed by atoms with Crippen LogP contribution in [0.2, 0.25) is 0 Å². The Kier molecular flexibility index (Phi) is 3.75. The molecule has 3 aliphatic rings. The van der Waals surface area contributed by atoms with Crippen molar-refractivity contribution in [3.63, 3.8) is 0 Å². The third-order valence-electron chi connectivity index (χ3n) is 4.77. The summed E-state index contributed by atoms with van der Waals surface area (Å²) in [7, 11) is -4.73. The highest BCUT2D eigenvalue weighted by atomic mass is 32.3. The molecule has 0 aromatic carbocycles. The van der Waals surface area contributed by atoms with E-state index in [1.165, 1.54) is 4.90 Å². The molecule has 132 valence electrons. The van der Waals surface area contributed by atoms with Crippen LogP contribution < -0.4 is 5.32 Å². The van der Waals surface area contributed by atoms with Gasteiger partial charge in [-0.25, -0.2) is 4.79 Å². The van der Waals surface area contributed by atoms with Gasteiger partial charge in [-0.15, -0.1) is 4.28 Å². The maximum absolute atomic E-state index is 12.4. The van der Waals surface area contributed by atoms with E-state index >= 15 is 0 Å². The van der Waals surface area contributed by atoms with Gasteiger partial charge in [0.05, 0.1) is 12.1 Å². The van der Waals surface area contributed by atoms with Crippen LogP contribution in [0.15, 0.2) is 10.6 Å². The Morgan fingerprint density at radius 2 is 2.21 bits per heavy atom. The SMILES string of the molecule is O=C1N2C[C@@H](CC[C@H]2c2cc(CC3CNC3)on2)N1OS(=O)(=O)O. The third-order valence-corrected chi connectivity index (χ3v) is 5.12. The van der Waals surface area contributed by atoms with Gasteiger partial charge >= 0.3 is 16.4 Å². The number of hydrogen-bond donors (Lipinski definition) is 2.